The number of hydrogen-bond donors (Lipinski definition) is 1. The molecule has 1 fully saturated rings. The predicted octanol–water partition coefficient (Wildman–Crippen LogP) is 2.42. The lowest BCUT2D eigenvalue weighted by Gasteiger charge is -2.31. The minimum atomic E-state index is -0.941. The number of piperidine rings is 1. The lowest BCUT2D eigenvalue weighted by molar-refractivity contribution is -0.131. The van der Waals surface area contributed by atoms with Gasteiger partial charge >= 0.3 is 5.97 Å². The number of aliphatic carboxylic acids is 1. The highest BCUT2D eigenvalue weighted by Crippen LogP contribution is 2.21. The summed E-state index contributed by atoms with van der Waals surface area (Å²) in [6.07, 6.45) is 6.81. The molecule has 2 heterocycles. The quantitative estimate of drug-likeness (QED) is 0.832. The molecule has 0 spiro atoms. The molecule has 1 aromatic heterocycles. The lowest BCUT2D eigenvalue weighted by atomic mass is 9.99. The molecule has 1 N–H and O–H groups in total. The Morgan fingerprint density at radius 3 is 2.72 bits per heavy atom. The van der Waals surface area contributed by atoms with Crippen LogP contribution in [0.3, 0.4) is 0 Å². The first-order valence-electron chi connectivity index (χ1n) is 6.27. The number of carbonyl (C=O) groups is 1. The van der Waals surface area contributed by atoms with Crippen LogP contribution >= 0.6 is 0 Å². The van der Waals surface area contributed by atoms with Crippen molar-refractivity contribution >= 4 is 17.9 Å². The van der Waals surface area contributed by atoms with Crippen molar-refractivity contribution in [3.63, 3.8) is 0 Å². The number of anilines is 1. The fourth-order valence-corrected chi connectivity index (χ4v) is 2.09. The van der Waals surface area contributed by atoms with E-state index in [-0.39, 0.29) is 0 Å². The summed E-state index contributed by atoms with van der Waals surface area (Å²) in [4.78, 5) is 17.1. The van der Waals surface area contributed by atoms with Crippen molar-refractivity contribution < 1.29 is 9.90 Å². The van der Waals surface area contributed by atoms with Gasteiger partial charge in [-0.1, -0.05) is 6.92 Å². The molecule has 1 saturated heterocycles. The molecule has 0 amide bonds. The summed E-state index contributed by atoms with van der Waals surface area (Å²) < 4.78 is 0. The number of aromatic nitrogens is 1. The van der Waals surface area contributed by atoms with Crippen LogP contribution in [-0.2, 0) is 4.79 Å². The van der Waals surface area contributed by atoms with Crippen LogP contribution in [0.4, 0.5) is 5.82 Å². The average molecular weight is 246 g/mol. The SMILES string of the molecule is CC1CCN(c2ccc(/C=C/C(=O)O)cn2)CC1. The molecule has 0 atom stereocenters. The summed E-state index contributed by atoms with van der Waals surface area (Å²) >= 11 is 0. The van der Waals surface area contributed by atoms with Crippen molar-refractivity contribution in [1.82, 2.24) is 4.98 Å². The Hall–Kier alpha value is -1.84. The van der Waals surface area contributed by atoms with E-state index < -0.39 is 5.97 Å². The summed E-state index contributed by atoms with van der Waals surface area (Å²) in [7, 11) is 0. The van der Waals surface area contributed by atoms with Gasteiger partial charge in [-0.3, -0.25) is 0 Å². The first-order valence-corrected chi connectivity index (χ1v) is 6.27. The number of carboxylic acid groups (broad SMARTS) is 1. The Labute approximate surface area is 107 Å². The second-order valence-corrected chi connectivity index (χ2v) is 4.79. The van der Waals surface area contributed by atoms with Crippen LogP contribution in [0, 0.1) is 5.92 Å². The number of nitrogens with zero attached hydrogens (tertiary/aromatic N) is 2. The molecule has 2 rings (SSSR count). The minimum Gasteiger partial charge on any atom is -0.478 e. The van der Waals surface area contributed by atoms with Gasteiger partial charge in [0.05, 0.1) is 0 Å². The van der Waals surface area contributed by atoms with Gasteiger partial charge in [0.25, 0.3) is 0 Å². The van der Waals surface area contributed by atoms with Crippen molar-refractivity contribution in [2.75, 3.05) is 18.0 Å². The van der Waals surface area contributed by atoms with Gasteiger partial charge in [0.15, 0.2) is 0 Å². The molecule has 0 bridgehead atoms. The topological polar surface area (TPSA) is 53.4 Å². The van der Waals surface area contributed by atoms with Crippen molar-refractivity contribution in [3.05, 3.63) is 30.0 Å². The van der Waals surface area contributed by atoms with E-state index in [2.05, 4.69) is 16.8 Å². The van der Waals surface area contributed by atoms with Crippen LogP contribution in [0.5, 0.6) is 0 Å². The third kappa shape index (κ3) is 3.32. The van der Waals surface area contributed by atoms with Crippen LogP contribution in [0.15, 0.2) is 24.4 Å². The van der Waals surface area contributed by atoms with E-state index >= 15 is 0 Å². The summed E-state index contributed by atoms with van der Waals surface area (Å²) in [5.41, 5.74) is 0.812. The van der Waals surface area contributed by atoms with Gasteiger partial charge in [0.1, 0.15) is 5.82 Å². The van der Waals surface area contributed by atoms with Crippen LogP contribution in [-0.4, -0.2) is 29.1 Å². The third-order valence-corrected chi connectivity index (χ3v) is 3.30. The highest BCUT2D eigenvalue weighted by molar-refractivity contribution is 5.85. The van der Waals surface area contributed by atoms with Gasteiger partial charge in [-0.2, -0.15) is 0 Å². The van der Waals surface area contributed by atoms with Crippen LogP contribution in [0.25, 0.3) is 6.08 Å². The third-order valence-electron chi connectivity index (χ3n) is 3.30. The molecule has 4 heteroatoms. The van der Waals surface area contributed by atoms with Crippen molar-refractivity contribution in [2.24, 2.45) is 5.92 Å². The molecule has 4 nitrogen and oxygen atoms in total. The molecule has 0 saturated carbocycles. The number of carboxylic acids is 1. The van der Waals surface area contributed by atoms with Crippen molar-refractivity contribution in [1.29, 1.82) is 0 Å². The zero-order chi connectivity index (χ0) is 13.0. The van der Waals surface area contributed by atoms with Crippen molar-refractivity contribution in [3.8, 4) is 0 Å². The standard InChI is InChI=1S/C14H18N2O2/c1-11-6-8-16(9-7-11)13-4-2-12(10-15-13)3-5-14(17)18/h2-5,10-11H,6-9H2,1H3,(H,17,18)/b5-3+. The summed E-state index contributed by atoms with van der Waals surface area (Å²) in [5.74, 6) is 0.845. The molecular formula is C14H18N2O2. The Morgan fingerprint density at radius 1 is 1.44 bits per heavy atom. The molecule has 1 aromatic rings. The summed E-state index contributed by atoms with van der Waals surface area (Å²) in [6.45, 7) is 4.39. The molecule has 0 aliphatic carbocycles. The second-order valence-electron chi connectivity index (χ2n) is 4.79. The minimum absolute atomic E-state index is 0.805. The summed E-state index contributed by atoms with van der Waals surface area (Å²) in [6, 6.07) is 3.86. The second kappa shape index (κ2) is 5.67. The van der Waals surface area contributed by atoms with Crippen LogP contribution in [0.1, 0.15) is 25.3 Å². The first-order chi connectivity index (χ1) is 8.65. The largest absolute Gasteiger partial charge is 0.478 e. The van der Waals surface area contributed by atoms with Crippen LogP contribution in [0.2, 0.25) is 0 Å². The van der Waals surface area contributed by atoms with Crippen molar-refractivity contribution in [2.45, 2.75) is 19.8 Å². The smallest absolute Gasteiger partial charge is 0.328 e. The van der Waals surface area contributed by atoms with E-state index in [9.17, 15) is 4.79 Å². The first kappa shape index (κ1) is 12.6. The van der Waals surface area contributed by atoms with Crippen LogP contribution < -0.4 is 4.90 Å². The number of hydrogen-bond acceptors (Lipinski definition) is 3. The number of pyridine rings is 1. The molecular weight excluding hydrogens is 228 g/mol. The molecule has 0 unspecified atom stereocenters. The van der Waals surface area contributed by atoms with E-state index in [1.54, 1.807) is 12.3 Å². The highest BCUT2D eigenvalue weighted by atomic mass is 16.4. The van der Waals surface area contributed by atoms with Gasteiger partial charge in [-0.05, 0) is 42.5 Å². The maximum absolute atomic E-state index is 10.4. The molecule has 18 heavy (non-hydrogen) atoms. The number of rotatable bonds is 3. The fourth-order valence-electron chi connectivity index (χ4n) is 2.09. The highest BCUT2D eigenvalue weighted by Gasteiger charge is 2.16. The van der Waals surface area contributed by atoms with Gasteiger partial charge in [0, 0.05) is 25.4 Å². The zero-order valence-corrected chi connectivity index (χ0v) is 10.5. The maximum Gasteiger partial charge on any atom is 0.328 e. The van der Waals surface area contributed by atoms with Gasteiger partial charge in [0.2, 0.25) is 0 Å². The van der Waals surface area contributed by atoms with Gasteiger partial charge < -0.3 is 10.0 Å². The average Bonchev–Trinajstić information content (AvgIpc) is 2.38. The Balaban J connectivity index is 2.01. The van der Waals surface area contributed by atoms with Gasteiger partial charge in [-0.25, -0.2) is 9.78 Å². The predicted molar refractivity (Wildman–Crippen MR) is 71.5 cm³/mol. The monoisotopic (exact) mass is 246 g/mol. The Bertz CT molecular complexity index is 432. The maximum atomic E-state index is 10.4. The molecule has 0 aromatic carbocycles. The lowest BCUT2D eigenvalue weighted by Crippen LogP contribution is -2.33. The van der Waals surface area contributed by atoms with Gasteiger partial charge in [-0.15, -0.1) is 0 Å². The molecule has 0 radical (unpaired) electrons. The summed E-state index contributed by atoms with van der Waals surface area (Å²) in [5, 5.41) is 8.54. The van der Waals surface area contributed by atoms with E-state index in [4.69, 9.17) is 5.11 Å². The fraction of sp³-hybridized carbons (Fsp3) is 0.429. The zero-order valence-electron chi connectivity index (χ0n) is 10.5. The normalized spacial score (nSPS) is 17.3. The van der Waals surface area contributed by atoms with E-state index in [1.807, 2.05) is 12.1 Å². The molecule has 1 aliphatic rings. The molecule has 1 aliphatic heterocycles. The Kier molecular flexibility index (Phi) is 3.97. The van der Waals surface area contributed by atoms with E-state index in [0.717, 1.165) is 36.5 Å². The molecule has 96 valence electrons. The van der Waals surface area contributed by atoms with E-state index in [1.165, 1.54) is 12.8 Å². The Morgan fingerprint density at radius 2 is 2.17 bits per heavy atom. The van der Waals surface area contributed by atoms with E-state index in [0.29, 0.717) is 0 Å².